The molecule has 2 N–H and O–H groups in total. The molecule has 0 saturated heterocycles. The number of rotatable bonds is 2. The summed E-state index contributed by atoms with van der Waals surface area (Å²) in [5.74, 6) is 0. The van der Waals surface area contributed by atoms with E-state index in [1.165, 1.54) is 97.5 Å². The molecule has 0 amide bonds. The van der Waals surface area contributed by atoms with Crippen LogP contribution >= 0.6 is 11.3 Å². The smallest absolute Gasteiger partial charge is 0.181 e. The first-order valence-electron chi connectivity index (χ1n) is 15.5. The molecule has 2 aliphatic rings. The van der Waals surface area contributed by atoms with Crippen LogP contribution in [0.5, 0.6) is 0 Å². The highest BCUT2D eigenvalue weighted by Crippen LogP contribution is 2.53. The predicted octanol–water partition coefficient (Wildman–Crippen LogP) is 11.6. The minimum Gasteiger partial charge on any atom is -0.345 e. The van der Waals surface area contributed by atoms with Crippen molar-refractivity contribution in [1.82, 2.24) is 4.57 Å². The van der Waals surface area contributed by atoms with Crippen LogP contribution in [-0.4, -0.2) is 4.57 Å². The van der Waals surface area contributed by atoms with Crippen LogP contribution in [0.3, 0.4) is 0 Å². The molecule has 4 heteroatoms. The Morgan fingerprint density at radius 3 is 2.07 bits per heavy atom. The second-order valence-corrected chi connectivity index (χ2v) is 13.3. The van der Waals surface area contributed by atoms with Gasteiger partial charge in [-0.25, -0.2) is 0 Å². The van der Waals surface area contributed by atoms with Crippen LogP contribution in [0.4, 0.5) is 10.7 Å². The lowest BCUT2D eigenvalue weighted by molar-refractivity contribution is 0.695. The van der Waals surface area contributed by atoms with E-state index in [1.807, 2.05) is 11.3 Å². The molecule has 2 aromatic heterocycles. The Morgan fingerprint density at radius 2 is 1.20 bits per heavy atom. The molecule has 0 radical (unpaired) electrons. The molecule has 9 aromatic rings. The van der Waals surface area contributed by atoms with Crippen molar-refractivity contribution in [2.24, 2.45) is 0 Å². The molecule has 1 atom stereocenters. The van der Waals surface area contributed by atoms with E-state index in [4.69, 9.17) is 0 Å². The molecule has 1 aliphatic carbocycles. The second kappa shape index (κ2) is 8.53. The number of nitrogens with one attached hydrogen (secondary N) is 2. The first kappa shape index (κ1) is 23.8. The lowest BCUT2D eigenvalue weighted by Crippen LogP contribution is -2.20. The van der Waals surface area contributed by atoms with Gasteiger partial charge in [0.25, 0.3) is 0 Å². The number of anilines is 2. The standard InChI is InChI=1S/C41H25N3S/c1-2-9-23(10-3-1)26-21-31-30-16-7-13-25-12-6-15-28(35(25)30)29-17-8-18-32-36(29)37(31)33(22-26)44(32)41-42-39-38-27-14-5-4-11-24(27)19-20-34(38)45-40(39)43-41/h1-22,41-43H. The largest absolute Gasteiger partial charge is 0.345 e. The van der Waals surface area contributed by atoms with E-state index in [9.17, 15) is 0 Å². The number of nitrogens with zero attached hydrogens (tertiary/aromatic N) is 1. The number of benzene rings is 7. The van der Waals surface area contributed by atoms with Crippen LogP contribution in [-0.2, 0) is 0 Å². The molecule has 0 fully saturated rings. The maximum atomic E-state index is 3.97. The Labute approximate surface area is 263 Å². The zero-order valence-electron chi connectivity index (χ0n) is 24.1. The first-order valence-corrected chi connectivity index (χ1v) is 16.3. The van der Waals surface area contributed by atoms with Gasteiger partial charge >= 0.3 is 0 Å². The Bertz CT molecular complexity index is 2710. The average Bonchev–Trinajstić information content (AvgIpc) is 3.74. The van der Waals surface area contributed by atoms with E-state index in [2.05, 4.69) is 149 Å². The Hall–Kier alpha value is -5.58. The number of hydrogen-bond acceptors (Lipinski definition) is 3. The van der Waals surface area contributed by atoms with Crippen LogP contribution in [0, 0.1) is 0 Å². The van der Waals surface area contributed by atoms with Crippen LogP contribution in [0.2, 0.25) is 0 Å². The number of thiophene rings is 1. The SMILES string of the molecule is c1ccc(-c2cc3c4c5c(cccc5n(C5Nc6sc7ccc8ccccc8c7c6N5)c4c2)-c2cccc4cccc-3c24)cc1. The normalized spacial score (nSPS) is 14.8. The third kappa shape index (κ3) is 3.09. The minimum absolute atomic E-state index is 0.130. The fourth-order valence-corrected chi connectivity index (χ4v) is 9.15. The number of hydrogen-bond donors (Lipinski definition) is 2. The lowest BCUT2D eigenvalue weighted by Gasteiger charge is -2.20. The zero-order chi connectivity index (χ0) is 29.2. The fraction of sp³-hybridized carbons (Fsp3) is 0.0244. The van der Waals surface area contributed by atoms with Gasteiger partial charge in [-0.2, -0.15) is 0 Å². The summed E-state index contributed by atoms with van der Waals surface area (Å²) >= 11 is 1.84. The number of aromatic nitrogens is 1. The van der Waals surface area contributed by atoms with E-state index in [-0.39, 0.29) is 6.29 Å². The first-order chi connectivity index (χ1) is 22.3. The maximum absolute atomic E-state index is 3.97. The quantitative estimate of drug-likeness (QED) is 0.209. The van der Waals surface area contributed by atoms with E-state index in [0.29, 0.717) is 0 Å². The third-order valence-corrected chi connectivity index (χ3v) is 11.0. The molecule has 0 bridgehead atoms. The van der Waals surface area contributed by atoms with Crippen molar-refractivity contribution in [2.75, 3.05) is 10.6 Å². The van der Waals surface area contributed by atoms with E-state index >= 15 is 0 Å². The summed E-state index contributed by atoms with van der Waals surface area (Å²) in [6.07, 6.45) is -0.130. The van der Waals surface area contributed by atoms with Crippen molar-refractivity contribution in [3.63, 3.8) is 0 Å². The Morgan fingerprint density at radius 1 is 0.489 bits per heavy atom. The lowest BCUT2D eigenvalue weighted by atomic mass is 9.92. The van der Waals surface area contributed by atoms with E-state index in [0.717, 1.165) is 0 Å². The predicted molar refractivity (Wildman–Crippen MR) is 192 cm³/mol. The van der Waals surface area contributed by atoms with Gasteiger partial charge in [0, 0.05) is 20.9 Å². The van der Waals surface area contributed by atoms with E-state index in [1.54, 1.807) is 0 Å². The molecular weight excluding hydrogens is 567 g/mol. The van der Waals surface area contributed by atoms with Gasteiger partial charge in [-0.05, 0) is 79.2 Å². The van der Waals surface area contributed by atoms with Gasteiger partial charge in [-0.1, -0.05) is 109 Å². The van der Waals surface area contributed by atoms with Crippen molar-refractivity contribution >= 4 is 75.5 Å². The highest BCUT2D eigenvalue weighted by molar-refractivity contribution is 7.24. The van der Waals surface area contributed by atoms with Crippen molar-refractivity contribution < 1.29 is 0 Å². The van der Waals surface area contributed by atoms with Gasteiger partial charge in [-0.3, -0.25) is 0 Å². The monoisotopic (exact) mass is 591 g/mol. The molecule has 3 nitrogen and oxygen atoms in total. The fourth-order valence-electron chi connectivity index (χ4n) is 8.05. The number of fused-ring (bicyclic) bond motifs is 7. The summed E-state index contributed by atoms with van der Waals surface area (Å²) in [5, 5.41) is 18.2. The van der Waals surface area contributed by atoms with Crippen molar-refractivity contribution in [2.45, 2.75) is 6.29 Å². The molecule has 45 heavy (non-hydrogen) atoms. The van der Waals surface area contributed by atoms with Gasteiger partial charge in [-0.15, -0.1) is 11.3 Å². The zero-order valence-corrected chi connectivity index (χ0v) is 25.0. The van der Waals surface area contributed by atoms with Gasteiger partial charge < -0.3 is 15.2 Å². The second-order valence-electron chi connectivity index (χ2n) is 12.2. The summed E-state index contributed by atoms with van der Waals surface area (Å²) in [7, 11) is 0. The van der Waals surface area contributed by atoms with Crippen LogP contribution in [0.15, 0.2) is 133 Å². The molecule has 0 spiro atoms. The van der Waals surface area contributed by atoms with E-state index < -0.39 is 0 Å². The minimum atomic E-state index is -0.130. The maximum Gasteiger partial charge on any atom is 0.181 e. The highest BCUT2D eigenvalue weighted by Gasteiger charge is 2.31. The molecule has 0 saturated carbocycles. The molecule has 11 rings (SSSR count). The molecule has 210 valence electrons. The Kier molecular flexibility index (Phi) is 4.52. The van der Waals surface area contributed by atoms with Crippen LogP contribution in [0.25, 0.3) is 86.8 Å². The topological polar surface area (TPSA) is 29.0 Å². The van der Waals surface area contributed by atoms with Gasteiger partial charge in [0.15, 0.2) is 6.29 Å². The van der Waals surface area contributed by atoms with Crippen molar-refractivity contribution in [1.29, 1.82) is 0 Å². The summed E-state index contributed by atoms with van der Waals surface area (Å²) < 4.78 is 3.80. The molecular formula is C41H25N3S. The van der Waals surface area contributed by atoms with Crippen LogP contribution in [0.1, 0.15) is 6.29 Å². The van der Waals surface area contributed by atoms with Gasteiger partial charge in [0.2, 0.25) is 0 Å². The summed E-state index contributed by atoms with van der Waals surface area (Å²) in [6, 6.07) is 49.2. The summed E-state index contributed by atoms with van der Waals surface area (Å²) in [5.41, 5.74) is 11.3. The Balaban J connectivity index is 1.24. The molecule has 3 heterocycles. The summed E-state index contributed by atoms with van der Waals surface area (Å²) in [4.78, 5) is 0. The molecule has 1 aliphatic heterocycles. The van der Waals surface area contributed by atoms with Gasteiger partial charge in [0.1, 0.15) is 5.00 Å². The van der Waals surface area contributed by atoms with Crippen LogP contribution < -0.4 is 10.6 Å². The molecule has 1 unspecified atom stereocenters. The third-order valence-electron chi connectivity index (χ3n) is 9.91. The summed E-state index contributed by atoms with van der Waals surface area (Å²) in [6.45, 7) is 0. The van der Waals surface area contributed by atoms with Crippen molar-refractivity contribution in [3.05, 3.63) is 133 Å². The van der Waals surface area contributed by atoms with Gasteiger partial charge in [0.05, 0.1) is 16.7 Å². The highest BCUT2D eigenvalue weighted by atomic mass is 32.1. The van der Waals surface area contributed by atoms with Crippen molar-refractivity contribution in [3.8, 4) is 33.4 Å². The average molecular weight is 592 g/mol. The molecule has 7 aromatic carbocycles.